The summed E-state index contributed by atoms with van der Waals surface area (Å²) in [4.78, 5) is 0. The summed E-state index contributed by atoms with van der Waals surface area (Å²) in [6, 6.07) is 0.681. The molecule has 1 fully saturated rings. The fraction of sp³-hybridized carbons (Fsp3) is 1.00. The first-order valence-electron chi connectivity index (χ1n) is 5.67. The van der Waals surface area contributed by atoms with Crippen molar-refractivity contribution < 1.29 is 4.74 Å². The van der Waals surface area contributed by atoms with E-state index in [1.54, 1.807) is 7.11 Å². The lowest BCUT2D eigenvalue weighted by Crippen LogP contribution is -2.53. The number of hydrogen-bond donors (Lipinski definition) is 2. The summed E-state index contributed by atoms with van der Waals surface area (Å²) in [5.41, 5.74) is 5.87. The normalized spacial score (nSPS) is 22.5. The zero-order valence-corrected chi connectivity index (χ0v) is 9.51. The first kappa shape index (κ1) is 12.0. The molecule has 1 unspecified atom stereocenters. The largest absolute Gasteiger partial charge is 0.385 e. The second-order valence-electron chi connectivity index (χ2n) is 4.63. The Bertz CT molecular complexity index is 157. The summed E-state index contributed by atoms with van der Waals surface area (Å²) in [5.74, 6) is 0. The SMILES string of the molecule is COCCC(C)(CN)NC1CCCC1. The minimum absolute atomic E-state index is 0.0605. The zero-order valence-electron chi connectivity index (χ0n) is 9.51. The monoisotopic (exact) mass is 200 g/mol. The van der Waals surface area contributed by atoms with E-state index in [1.807, 2.05) is 0 Å². The maximum absolute atomic E-state index is 5.81. The Morgan fingerprint density at radius 1 is 1.43 bits per heavy atom. The summed E-state index contributed by atoms with van der Waals surface area (Å²) in [6.07, 6.45) is 6.34. The molecular formula is C11H24N2O. The molecule has 1 atom stereocenters. The van der Waals surface area contributed by atoms with Crippen molar-refractivity contribution in [3.8, 4) is 0 Å². The Labute approximate surface area is 87.4 Å². The average molecular weight is 200 g/mol. The van der Waals surface area contributed by atoms with Crippen LogP contribution in [0.5, 0.6) is 0 Å². The van der Waals surface area contributed by atoms with Gasteiger partial charge in [-0.3, -0.25) is 0 Å². The summed E-state index contributed by atoms with van der Waals surface area (Å²) in [7, 11) is 1.74. The van der Waals surface area contributed by atoms with E-state index in [4.69, 9.17) is 10.5 Å². The van der Waals surface area contributed by atoms with Gasteiger partial charge in [0, 0.05) is 31.8 Å². The van der Waals surface area contributed by atoms with Crippen molar-refractivity contribution in [3.05, 3.63) is 0 Å². The van der Waals surface area contributed by atoms with Crippen LogP contribution in [0.3, 0.4) is 0 Å². The van der Waals surface area contributed by atoms with Crippen molar-refractivity contribution >= 4 is 0 Å². The minimum atomic E-state index is 0.0605. The fourth-order valence-electron chi connectivity index (χ4n) is 2.12. The standard InChI is InChI=1S/C11H24N2O/c1-11(9-12,7-8-14-2)13-10-5-3-4-6-10/h10,13H,3-9,12H2,1-2H3. The van der Waals surface area contributed by atoms with Gasteiger partial charge in [-0.15, -0.1) is 0 Å². The van der Waals surface area contributed by atoms with Crippen LogP contribution in [0.2, 0.25) is 0 Å². The molecule has 1 aliphatic carbocycles. The van der Waals surface area contributed by atoms with Gasteiger partial charge in [-0.2, -0.15) is 0 Å². The van der Waals surface area contributed by atoms with Gasteiger partial charge in [0.05, 0.1) is 0 Å². The van der Waals surface area contributed by atoms with Gasteiger partial charge >= 0.3 is 0 Å². The van der Waals surface area contributed by atoms with Crippen molar-refractivity contribution in [2.75, 3.05) is 20.3 Å². The number of hydrogen-bond acceptors (Lipinski definition) is 3. The molecule has 3 nitrogen and oxygen atoms in total. The first-order chi connectivity index (χ1) is 6.70. The first-order valence-corrected chi connectivity index (χ1v) is 5.67. The molecule has 14 heavy (non-hydrogen) atoms. The molecule has 84 valence electrons. The van der Waals surface area contributed by atoms with Crippen LogP contribution in [0.4, 0.5) is 0 Å². The van der Waals surface area contributed by atoms with Gasteiger partial charge in [0.25, 0.3) is 0 Å². The summed E-state index contributed by atoms with van der Waals surface area (Å²) in [6.45, 7) is 3.67. The van der Waals surface area contributed by atoms with E-state index in [0.29, 0.717) is 12.6 Å². The smallest absolute Gasteiger partial charge is 0.0480 e. The molecule has 1 aliphatic rings. The van der Waals surface area contributed by atoms with Crippen LogP contribution >= 0.6 is 0 Å². The van der Waals surface area contributed by atoms with Gasteiger partial charge in [0.15, 0.2) is 0 Å². The third-order valence-electron chi connectivity index (χ3n) is 3.22. The van der Waals surface area contributed by atoms with Crippen LogP contribution in [0.25, 0.3) is 0 Å². The van der Waals surface area contributed by atoms with Crippen molar-refractivity contribution in [1.82, 2.24) is 5.32 Å². The lowest BCUT2D eigenvalue weighted by atomic mass is 9.96. The van der Waals surface area contributed by atoms with Gasteiger partial charge in [0.2, 0.25) is 0 Å². The molecule has 0 aromatic rings. The van der Waals surface area contributed by atoms with E-state index in [2.05, 4.69) is 12.2 Å². The average Bonchev–Trinajstić information content (AvgIpc) is 2.67. The number of nitrogens with two attached hydrogens (primary N) is 1. The van der Waals surface area contributed by atoms with Gasteiger partial charge in [-0.1, -0.05) is 12.8 Å². The summed E-state index contributed by atoms with van der Waals surface area (Å²) in [5, 5.41) is 3.67. The summed E-state index contributed by atoms with van der Waals surface area (Å²) >= 11 is 0. The number of nitrogens with one attached hydrogen (secondary N) is 1. The summed E-state index contributed by atoms with van der Waals surface area (Å²) < 4.78 is 5.11. The lowest BCUT2D eigenvalue weighted by Gasteiger charge is -2.32. The zero-order chi connectivity index (χ0) is 10.4. The molecule has 0 heterocycles. The predicted octanol–water partition coefficient (Wildman–Crippen LogP) is 1.27. The highest BCUT2D eigenvalue weighted by atomic mass is 16.5. The lowest BCUT2D eigenvalue weighted by molar-refractivity contribution is 0.156. The van der Waals surface area contributed by atoms with Gasteiger partial charge in [-0.05, 0) is 26.2 Å². The Hall–Kier alpha value is -0.120. The van der Waals surface area contributed by atoms with Crippen molar-refractivity contribution in [2.24, 2.45) is 5.73 Å². The van der Waals surface area contributed by atoms with E-state index in [0.717, 1.165) is 13.0 Å². The van der Waals surface area contributed by atoms with Crippen molar-refractivity contribution in [3.63, 3.8) is 0 Å². The highest BCUT2D eigenvalue weighted by molar-refractivity contribution is 4.89. The van der Waals surface area contributed by atoms with Gasteiger partial charge in [-0.25, -0.2) is 0 Å². The fourth-order valence-corrected chi connectivity index (χ4v) is 2.12. The molecule has 0 aromatic heterocycles. The molecule has 0 aromatic carbocycles. The second kappa shape index (κ2) is 5.69. The van der Waals surface area contributed by atoms with E-state index in [1.165, 1.54) is 25.7 Å². The maximum Gasteiger partial charge on any atom is 0.0480 e. The van der Waals surface area contributed by atoms with Crippen LogP contribution in [-0.4, -0.2) is 31.8 Å². The van der Waals surface area contributed by atoms with Crippen LogP contribution in [0.1, 0.15) is 39.0 Å². The molecule has 1 rings (SSSR count). The Morgan fingerprint density at radius 3 is 2.57 bits per heavy atom. The Balaban J connectivity index is 2.34. The van der Waals surface area contributed by atoms with Crippen LogP contribution in [-0.2, 0) is 4.74 Å². The maximum atomic E-state index is 5.81. The van der Waals surface area contributed by atoms with Crippen LogP contribution in [0.15, 0.2) is 0 Å². The number of methoxy groups -OCH3 is 1. The molecule has 0 bridgehead atoms. The highest BCUT2D eigenvalue weighted by Crippen LogP contribution is 2.21. The number of ether oxygens (including phenoxy) is 1. The third kappa shape index (κ3) is 3.56. The molecule has 0 saturated heterocycles. The molecule has 0 amide bonds. The number of rotatable bonds is 6. The molecule has 0 aliphatic heterocycles. The van der Waals surface area contributed by atoms with E-state index in [-0.39, 0.29) is 5.54 Å². The minimum Gasteiger partial charge on any atom is -0.385 e. The van der Waals surface area contributed by atoms with E-state index < -0.39 is 0 Å². The van der Waals surface area contributed by atoms with E-state index in [9.17, 15) is 0 Å². The van der Waals surface area contributed by atoms with E-state index >= 15 is 0 Å². The predicted molar refractivity (Wildman–Crippen MR) is 59.3 cm³/mol. The van der Waals surface area contributed by atoms with Gasteiger partial charge < -0.3 is 15.8 Å². The van der Waals surface area contributed by atoms with Crippen LogP contribution in [0, 0.1) is 0 Å². The third-order valence-corrected chi connectivity index (χ3v) is 3.22. The van der Waals surface area contributed by atoms with Crippen molar-refractivity contribution in [1.29, 1.82) is 0 Å². The molecule has 3 N–H and O–H groups in total. The molecule has 3 heteroatoms. The van der Waals surface area contributed by atoms with Crippen molar-refractivity contribution in [2.45, 2.75) is 50.6 Å². The van der Waals surface area contributed by atoms with Gasteiger partial charge in [0.1, 0.15) is 0 Å². The molecule has 0 radical (unpaired) electrons. The second-order valence-corrected chi connectivity index (χ2v) is 4.63. The quantitative estimate of drug-likeness (QED) is 0.679. The molecule has 0 spiro atoms. The molecular weight excluding hydrogens is 176 g/mol. The topological polar surface area (TPSA) is 47.3 Å². The molecule has 1 saturated carbocycles. The highest BCUT2D eigenvalue weighted by Gasteiger charge is 2.26. The Morgan fingerprint density at radius 2 is 2.07 bits per heavy atom. The Kier molecular flexibility index (Phi) is 4.85. The van der Waals surface area contributed by atoms with Crippen LogP contribution < -0.4 is 11.1 Å².